The fraction of sp³-hybridized carbons (Fsp3) is 0.333. The van der Waals surface area contributed by atoms with Crippen molar-refractivity contribution in [2.24, 2.45) is 0 Å². The second kappa shape index (κ2) is 11.5. The number of sulfonamides is 1. The molecule has 3 aromatic rings. The molecule has 42 heavy (non-hydrogen) atoms. The summed E-state index contributed by atoms with van der Waals surface area (Å²) in [5, 5.41) is 0.607. The first kappa shape index (κ1) is 29.8. The number of benzene rings is 3. The Hall–Kier alpha value is -3.67. The van der Waals surface area contributed by atoms with Crippen molar-refractivity contribution in [1.29, 1.82) is 0 Å². The molecule has 0 N–H and O–H groups in total. The van der Waals surface area contributed by atoms with Crippen LogP contribution in [0.3, 0.4) is 0 Å². The fourth-order valence-electron chi connectivity index (χ4n) is 5.42. The van der Waals surface area contributed by atoms with Crippen LogP contribution in [0.2, 0.25) is 5.02 Å². The van der Waals surface area contributed by atoms with E-state index in [1.807, 2.05) is 18.2 Å². The molecule has 2 heterocycles. The van der Waals surface area contributed by atoms with Gasteiger partial charge in [0.1, 0.15) is 22.0 Å². The zero-order valence-corrected chi connectivity index (χ0v) is 25.2. The lowest BCUT2D eigenvalue weighted by atomic mass is 9.95. The Bertz CT molecular complexity index is 1610. The minimum atomic E-state index is -4.01. The van der Waals surface area contributed by atoms with Gasteiger partial charge in [-0.05, 0) is 74.5 Å². The van der Waals surface area contributed by atoms with Crippen molar-refractivity contribution < 1.29 is 27.1 Å². The van der Waals surface area contributed by atoms with Crippen molar-refractivity contribution >= 4 is 44.8 Å². The number of hydrogen-bond donors (Lipinski definition) is 0. The number of methoxy groups -OCH3 is 1. The summed E-state index contributed by atoms with van der Waals surface area (Å²) in [7, 11) is -2.64. The van der Waals surface area contributed by atoms with Gasteiger partial charge in [-0.2, -0.15) is 4.31 Å². The van der Waals surface area contributed by atoms with E-state index in [0.29, 0.717) is 23.8 Å². The van der Waals surface area contributed by atoms with Gasteiger partial charge in [-0.15, -0.1) is 0 Å². The minimum Gasteiger partial charge on any atom is -0.495 e. The van der Waals surface area contributed by atoms with Crippen molar-refractivity contribution in [3.63, 3.8) is 0 Å². The van der Waals surface area contributed by atoms with E-state index in [1.54, 1.807) is 19.9 Å². The molecule has 2 amide bonds. The van der Waals surface area contributed by atoms with Gasteiger partial charge in [0.05, 0.1) is 7.11 Å². The van der Waals surface area contributed by atoms with E-state index in [4.69, 9.17) is 16.3 Å². The third-order valence-corrected chi connectivity index (χ3v) is 9.97. The SMILES string of the molecule is COc1ccc(C(=O)N2CCN(c3ccc(F)cc3)C(=O)C2(C)C)cc1S(=O)(=O)N1CCN(c2cccc(Cl)c2)CC1. The van der Waals surface area contributed by atoms with Gasteiger partial charge in [0.25, 0.3) is 11.8 Å². The largest absolute Gasteiger partial charge is 0.495 e. The average molecular weight is 615 g/mol. The molecule has 9 nitrogen and oxygen atoms in total. The summed E-state index contributed by atoms with van der Waals surface area (Å²) in [4.78, 5) is 32.2. The highest BCUT2D eigenvalue weighted by Crippen LogP contribution is 2.33. The van der Waals surface area contributed by atoms with E-state index in [-0.39, 0.29) is 48.3 Å². The highest BCUT2D eigenvalue weighted by molar-refractivity contribution is 7.89. The van der Waals surface area contributed by atoms with E-state index < -0.39 is 27.3 Å². The Morgan fingerprint density at radius 2 is 1.60 bits per heavy atom. The quantitative estimate of drug-likeness (QED) is 0.412. The van der Waals surface area contributed by atoms with E-state index in [9.17, 15) is 22.4 Å². The maximum atomic E-state index is 13.8. The number of hydrogen-bond acceptors (Lipinski definition) is 6. The number of nitrogens with zero attached hydrogens (tertiary/aromatic N) is 4. The molecule has 0 radical (unpaired) electrons. The van der Waals surface area contributed by atoms with Crippen molar-refractivity contribution in [1.82, 2.24) is 9.21 Å². The molecule has 222 valence electrons. The van der Waals surface area contributed by atoms with Gasteiger partial charge in [0.2, 0.25) is 10.0 Å². The summed E-state index contributed by atoms with van der Waals surface area (Å²) < 4.78 is 47.8. The summed E-state index contributed by atoms with van der Waals surface area (Å²) >= 11 is 6.13. The second-order valence-electron chi connectivity index (χ2n) is 10.7. The van der Waals surface area contributed by atoms with Gasteiger partial charge in [-0.1, -0.05) is 17.7 Å². The number of piperazine rings is 2. The molecule has 3 aromatic carbocycles. The lowest BCUT2D eigenvalue weighted by Gasteiger charge is -2.46. The van der Waals surface area contributed by atoms with Gasteiger partial charge in [-0.25, -0.2) is 12.8 Å². The summed E-state index contributed by atoms with van der Waals surface area (Å²) in [6.45, 7) is 5.11. The Kier molecular flexibility index (Phi) is 8.19. The average Bonchev–Trinajstić information content (AvgIpc) is 2.98. The van der Waals surface area contributed by atoms with Crippen LogP contribution in [0.4, 0.5) is 15.8 Å². The highest BCUT2D eigenvalue weighted by atomic mass is 35.5. The molecule has 0 aliphatic carbocycles. The molecule has 0 atom stereocenters. The van der Waals surface area contributed by atoms with Gasteiger partial charge >= 0.3 is 0 Å². The van der Waals surface area contributed by atoms with Crippen LogP contribution >= 0.6 is 11.6 Å². The number of amides is 2. The zero-order valence-electron chi connectivity index (χ0n) is 23.6. The summed E-state index contributed by atoms with van der Waals surface area (Å²) in [6, 6.07) is 17.3. The van der Waals surface area contributed by atoms with Crippen molar-refractivity contribution in [3.8, 4) is 5.75 Å². The molecule has 0 unspecified atom stereocenters. The Morgan fingerprint density at radius 3 is 2.24 bits per heavy atom. The Morgan fingerprint density at radius 1 is 0.905 bits per heavy atom. The molecule has 12 heteroatoms. The summed E-state index contributed by atoms with van der Waals surface area (Å²) in [5.74, 6) is -1.09. The molecule has 5 rings (SSSR count). The second-order valence-corrected chi connectivity index (χ2v) is 13.0. The lowest BCUT2D eigenvalue weighted by molar-refractivity contribution is -0.129. The lowest BCUT2D eigenvalue weighted by Crippen LogP contribution is -2.64. The molecular formula is C30H32ClFN4O5S. The van der Waals surface area contributed by atoms with Crippen molar-refractivity contribution in [2.75, 3.05) is 56.2 Å². The molecule has 2 aliphatic heterocycles. The third-order valence-electron chi connectivity index (χ3n) is 7.81. The van der Waals surface area contributed by atoms with E-state index in [2.05, 4.69) is 4.90 Å². The number of halogens is 2. The van der Waals surface area contributed by atoms with Crippen LogP contribution in [-0.2, 0) is 14.8 Å². The normalized spacial score (nSPS) is 17.8. The number of anilines is 2. The number of carbonyl (C=O) groups is 2. The molecule has 0 spiro atoms. The minimum absolute atomic E-state index is 0.110. The maximum Gasteiger partial charge on any atom is 0.254 e. The molecule has 0 saturated carbocycles. The van der Waals surface area contributed by atoms with Crippen LogP contribution in [0, 0.1) is 5.82 Å². The monoisotopic (exact) mass is 614 g/mol. The van der Waals surface area contributed by atoms with Crippen molar-refractivity contribution in [2.45, 2.75) is 24.3 Å². The van der Waals surface area contributed by atoms with E-state index >= 15 is 0 Å². The van der Waals surface area contributed by atoms with E-state index in [0.717, 1.165) is 5.69 Å². The van der Waals surface area contributed by atoms with Crippen LogP contribution in [0.1, 0.15) is 24.2 Å². The van der Waals surface area contributed by atoms with Crippen LogP contribution in [-0.4, -0.2) is 81.4 Å². The summed E-state index contributed by atoms with van der Waals surface area (Å²) in [6.07, 6.45) is 0. The number of carbonyl (C=O) groups excluding carboxylic acids is 2. The first-order chi connectivity index (χ1) is 19.9. The van der Waals surface area contributed by atoms with Crippen molar-refractivity contribution in [3.05, 3.63) is 83.1 Å². The maximum absolute atomic E-state index is 13.8. The fourth-order valence-corrected chi connectivity index (χ4v) is 7.20. The molecule has 0 bridgehead atoms. The number of ether oxygens (including phenoxy) is 1. The molecule has 2 fully saturated rings. The van der Waals surface area contributed by atoms with Crippen LogP contribution < -0.4 is 14.5 Å². The predicted octanol–water partition coefficient (Wildman–Crippen LogP) is 4.27. The standard InChI is InChI=1S/C30H32ClFN4O5S/c1-30(2)29(38)35(24-10-8-23(32)9-11-24)17-18-36(30)28(37)21-7-12-26(41-3)27(19-21)42(39,40)34-15-13-33(14-16-34)25-6-4-5-22(31)20-25/h4-12,19-20H,13-18H2,1-3H3. The first-order valence-electron chi connectivity index (χ1n) is 13.5. The van der Waals surface area contributed by atoms with Crippen LogP contribution in [0.25, 0.3) is 0 Å². The van der Waals surface area contributed by atoms with Gasteiger partial charge in [0, 0.05) is 61.2 Å². The molecular weight excluding hydrogens is 583 g/mol. The van der Waals surface area contributed by atoms with Gasteiger partial charge in [0.15, 0.2) is 0 Å². The van der Waals surface area contributed by atoms with Gasteiger partial charge in [-0.3, -0.25) is 9.59 Å². The Labute approximate surface area is 250 Å². The Balaban J connectivity index is 1.36. The van der Waals surface area contributed by atoms with Gasteiger partial charge < -0.3 is 19.4 Å². The zero-order chi connectivity index (χ0) is 30.2. The summed E-state index contributed by atoms with van der Waals surface area (Å²) in [5.41, 5.74) is 0.346. The molecule has 2 saturated heterocycles. The predicted molar refractivity (Wildman–Crippen MR) is 159 cm³/mol. The molecule has 0 aromatic heterocycles. The molecule has 2 aliphatic rings. The van der Waals surface area contributed by atoms with Crippen LogP contribution in [0.15, 0.2) is 71.6 Å². The third kappa shape index (κ3) is 5.56. The smallest absolute Gasteiger partial charge is 0.254 e. The highest BCUT2D eigenvalue weighted by Gasteiger charge is 2.45. The first-order valence-corrected chi connectivity index (χ1v) is 15.3. The topological polar surface area (TPSA) is 90.5 Å². The number of rotatable bonds is 6. The van der Waals surface area contributed by atoms with Crippen LogP contribution in [0.5, 0.6) is 5.75 Å². The van der Waals surface area contributed by atoms with E-state index in [1.165, 1.54) is 63.7 Å².